The molecule has 1 saturated heterocycles. The van der Waals surface area contributed by atoms with Crippen LogP contribution in [0.5, 0.6) is 5.88 Å². The molecule has 1 aromatic rings. The van der Waals surface area contributed by atoms with Gasteiger partial charge < -0.3 is 14.8 Å². The summed E-state index contributed by atoms with van der Waals surface area (Å²) in [5, 5.41) is 2.75. The van der Waals surface area contributed by atoms with Crippen molar-refractivity contribution < 1.29 is 14.3 Å². The SMILES string of the molecule is COc1ncccc1NC(=O)[C@@H]1CCCO1. The Morgan fingerprint density at radius 3 is 3.25 bits per heavy atom. The van der Waals surface area contributed by atoms with Crippen molar-refractivity contribution in [1.82, 2.24) is 4.98 Å². The molecule has 0 aromatic carbocycles. The predicted octanol–water partition coefficient (Wildman–Crippen LogP) is 1.21. The smallest absolute Gasteiger partial charge is 0.253 e. The number of carbonyl (C=O) groups excluding carboxylic acids is 1. The molecular weight excluding hydrogens is 208 g/mol. The molecule has 1 aliphatic heterocycles. The molecule has 5 heteroatoms. The molecule has 0 saturated carbocycles. The molecule has 0 unspecified atom stereocenters. The van der Waals surface area contributed by atoms with Gasteiger partial charge in [0.2, 0.25) is 5.88 Å². The van der Waals surface area contributed by atoms with Gasteiger partial charge in [-0.25, -0.2) is 4.98 Å². The number of hydrogen-bond donors (Lipinski definition) is 1. The number of carbonyl (C=O) groups is 1. The highest BCUT2D eigenvalue weighted by Gasteiger charge is 2.24. The first-order valence-electron chi connectivity index (χ1n) is 5.22. The van der Waals surface area contributed by atoms with Gasteiger partial charge in [0.1, 0.15) is 11.8 Å². The number of anilines is 1. The Bertz CT molecular complexity index is 375. The molecule has 5 nitrogen and oxygen atoms in total. The fourth-order valence-corrected chi connectivity index (χ4v) is 1.65. The van der Waals surface area contributed by atoms with Crippen LogP contribution in [0.2, 0.25) is 0 Å². The Hall–Kier alpha value is -1.62. The fraction of sp³-hybridized carbons (Fsp3) is 0.455. The Labute approximate surface area is 93.8 Å². The number of methoxy groups -OCH3 is 1. The molecule has 1 N–H and O–H groups in total. The molecule has 1 aliphatic rings. The number of amides is 1. The predicted molar refractivity (Wildman–Crippen MR) is 58.4 cm³/mol. The van der Waals surface area contributed by atoms with Gasteiger partial charge in [0.05, 0.1) is 7.11 Å². The quantitative estimate of drug-likeness (QED) is 0.835. The maximum atomic E-state index is 11.8. The van der Waals surface area contributed by atoms with Crippen molar-refractivity contribution in [3.05, 3.63) is 18.3 Å². The number of rotatable bonds is 3. The first kappa shape index (κ1) is 10.9. The van der Waals surface area contributed by atoms with E-state index in [0.29, 0.717) is 18.2 Å². The number of nitrogens with zero attached hydrogens (tertiary/aromatic N) is 1. The van der Waals surface area contributed by atoms with E-state index in [1.54, 1.807) is 18.3 Å². The van der Waals surface area contributed by atoms with Crippen LogP contribution in [0.3, 0.4) is 0 Å². The fourth-order valence-electron chi connectivity index (χ4n) is 1.65. The molecule has 1 fully saturated rings. The summed E-state index contributed by atoms with van der Waals surface area (Å²) in [7, 11) is 1.52. The van der Waals surface area contributed by atoms with Gasteiger partial charge in [-0.15, -0.1) is 0 Å². The maximum Gasteiger partial charge on any atom is 0.253 e. The highest BCUT2D eigenvalue weighted by atomic mass is 16.5. The van der Waals surface area contributed by atoms with Crippen LogP contribution in [0.1, 0.15) is 12.8 Å². The minimum Gasteiger partial charge on any atom is -0.480 e. The zero-order valence-electron chi connectivity index (χ0n) is 9.10. The van der Waals surface area contributed by atoms with Crippen LogP contribution in [-0.2, 0) is 9.53 Å². The average molecular weight is 222 g/mol. The Kier molecular flexibility index (Phi) is 3.36. The molecule has 0 radical (unpaired) electrons. The monoisotopic (exact) mass is 222 g/mol. The van der Waals surface area contributed by atoms with E-state index >= 15 is 0 Å². The van der Waals surface area contributed by atoms with Gasteiger partial charge in [0.15, 0.2) is 0 Å². The van der Waals surface area contributed by atoms with E-state index in [1.807, 2.05) is 0 Å². The molecule has 16 heavy (non-hydrogen) atoms. The summed E-state index contributed by atoms with van der Waals surface area (Å²) in [4.78, 5) is 15.8. The van der Waals surface area contributed by atoms with Gasteiger partial charge in [0.25, 0.3) is 5.91 Å². The zero-order chi connectivity index (χ0) is 11.4. The van der Waals surface area contributed by atoms with Crippen LogP contribution < -0.4 is 10.1 Å². The molecule has 2 rings (SSSR count). The zero-order valence-corrected chi connectivity index (χ0v) is 9.10. The number of pyridine rings is 1. The second kappa shape index (κ2) is 4.94. The Morgan fingerprint density at radius 1 is 1.69 bits per heavy atom. The summed E-state index contributed by atoms with van der Waals surface area (Å²) >= 11 is 0. The van der Waals surface area contributed by atoms with Crippen LogP contribution in [0.25, 0.3) is 0 Å². The van der Waals surface area contributed by atoms with Crippen molar-refractivity contribution in [2.24, 2.45) is 0 Å². The van der Waals surface area contributed by atoms with Crippen molar-refractivity contribution in [2.75, 3.05) is 19.0 Å². The topological polar surface area (TPSA) is 60.5 Å². The van der Waals surface area contributed by atoms with Crippen molar-refractivity contribution in [3.8, 4) is 5.88 Å². The molecule has 1 aromatic heterocycles. The Balaban J connectivity index is 2.05. The molecule has 86 valence electrons. The summed E-state index contributed by atoms with van der Waals surface area (Å²) in [6.45, 7) is 0.655. The number of hydrogen-bond acceptors (Lipinski definition) is 4. The summed E-state index contributed by atoms with van der Waals surface area (Å²) in [6, 6.07) is 3.49. The van der Waals surface area contributed by atoms with Crippen LogP contribution in [0, 0.1) is 0 Å². The minimum atomic E-state index is -0.343. The summed E-state index contributed by atoms with van der Waals surface area (Å²) in [5.41, 5.74) is 0.575. The summed E-state index contributed by atoms with van der Waals surface area (Å²) < 4.78 is 10.3. The van der Waals surface area contributed by atoms with Gasteiger partial charge in [-0.3, -0.25) is 4.79 Å². The third kappa shape index (κ3) is 2.30. The lowest BCUT2D eigenvalue weighted by molar-refractivity contribution is -0.124. The highest BCUT2D eigenvalue weighted by Crippen LogP contribution is 2.21. The number of ether oxygens (including phenoxy) is 2. The lowest BCUT2D eigenvalue weighted by Crippen LogP contribution is -2.27. The van der Waals surface area contributed by atoms with Gasteiger partial charge in [0, 0.05) is 12.8 Å². The average Bonchev–Trinajstić information content (AvgIpc) is 2.83. The lowest BCUT2D eigenvalue weighted by atomic mass is 10.2. The summed E-state index contributed by atoms with van der Waals surface area (Å²) in [6.07, 6.45) is 2.97. The molecule has 2 heterocycles. The van der Waals surface area contributed by atoms with Crippen molar-refractivity contribution >= 4 is 11.6 Å². The molecular formula is C11H14N2O3. The van der Waals surface area contributed by atoms with Crippen molar-refractivity contribution in [1.29, 1.82) is 0 Å². The van der Waals surface area contributed by atoms with E-state index in [0.717, 1.165) is 12.8 Å². The molecule has 0 bridgehead atoms. The molecule has 0 aliphatic carbocycles. The number of nitrogens with one attached hydrogen (secondary N) is 1. The van der Waals surface area contributed by atoms with E-state index in [2.05, 4.69) is 10.3 Å². The van der Waals surface area contributed by atoms with Crippen molar-refractivity contribution in [2.45, 2.75) is 18.9 Å². The third-order valence-electron chi connectivity index (χ3n) is 2.44. The maximum absolute atomic E-state index is 11.8. The van der Waals surface area contributed by atoms with Crippen LogP contribution >= 0.6 is 0 Å². The van der Waals surface area contributed by atoms with E-state index in [4.69, 9.17) is 9.47 Å². The van der Waals surface area contributed by atoms with Crippen LogP contribution in [-0.4, -0.2) is 30.7 Å². The first-order chi connectivity index (χ1) is 7.81. The third-order valence-corrected chi connectivity index (χ3v) is 2.44. The highest BCUT2D eigenvalue weighted by molar-refractivity contribution is 5.95. The van der Waals surface area contributed by atoms with Gasteiger partial charge >= 0.3 is 0 Å². The van der Waals surface area contributed by atoms with Gasteiger partial charge in [-0.1, -0.05) is 0 Å². The van der Waals surface area contributed by atoms with E-state index in [9.17, 15) is 4.79 Å². The largest absolute Gasteiger partial charge is 0.480 e. The second-order valence-electron chi connectivity index (χ2n) is 3.55. The van der Waals surface area contributed by atoms with Gasteiger partial charge in [-0.2, -0.15) is 0 Å². The van der Waals surface area contributed by atoms with Crippen molar-refractivity contribution in [3.63, 3.8) is 0 Å². The summed E-state index contributed by atoms with van der Waals surface area (Å²) in [5.74, 6) is 0.276. The van der Waals surface area contributed by atoms with Gasteiger partial charge in [-0.05, 0) is 25.0 Å². The first-order valence-corrected chi connectivity index (χ1v) is 5.22. The normalized spacial score (nSPS) is 19.4. The Morgan fingerprint density at radius 2 is 2.56 bits per heavy atom. The van der Waals surface area contributed by atoms with E-state index < -0.39 is 0 Å². The number of aromatic nitrogens is 1. The van der Waals surface area contributed by atoms with Crippen LogP contribution in [0.15, 0.2) is 18.3 Å². The van der Waals surface area contributed by atoms with E-state index in [1.165, 1.54) is 7.11 Å². The van der Waals surface area contributed by atoms with E-state index in [-0.39, 0.29) is 12.0 Å². The molecule has 0 spiro atoms. The lowest BCUT2D eigenvalue weighted by Gasteiger charge is -2.12. The minimum absolute atomic E-state index is 0.135. The second-order valence-corrected chi connectivity index (χ2v) is 3.55. The molecule has 1 amide bonds. The standard InChI is InChI=1S/C11H14N2O3/c1-15-11-8(4-2-6-12-11)13-10(14)9-5-3-7-16-9/h2,4,6,9H,3,5,7H2,1H3,(H,13,14)/t9-/m0/s1. The van der Waals surface area contributed by atoms with Crippen LogP contribution in [0.4, 0.5) is 5.69 Å². The molecule has 1 atom stereocenters.